The van der Waals surface area contributed by atoms with Crippen LogP contribution in [0.2, 0.25) is 0 Å². The van der Waals surface area contributed by atoms with Crippen molar-refractivity contribution in [3.8, 4) is 5.75 Å². The quantitative estimate of drug-likeness (QED) is 0.558. The van der Waals surface area contributed by atoms with Gasteiger partial charge >= 0.3 is 0 Å². The van der Waals surface area contributed by atoms with E-state index in [1.807, 2.05) is 0 Å². The van der Waals surface area contributed by atoms with E-state index >= 15 is 0 Å². The van der Waals surface area contributed by atoms with Crippen LogP contribution in [0.1, 0.15) is 11.1 Å². The van der Waals surface area contributed by atoms with Gasteiger partial charge in [0, 0.05) is 35.4 Å². The smallest absolute Gasteiger partial charge is 0.127 e. The van der Waals surface area contributed by atoms with Crippen LogP contribution in [0.3, 0.4) is 0 Å². The Morgan fingerprint density at radius 3 is 3.05 bits per heavy atom. The SMILES string of the molecule is CN(CCOCCCl)Cc1cc(Br)cc2c1OCC2. The summed E-state index contributed by atoms with van der Waals surface area (Å²) in [7, 11) is 2.09. The average molecular weight is 349 g/mol. The number of hydrogen-bond acceptors (Lipinski definition) is 3. The summed E-state index contributed by atoms with van der Waals surface area (Å²) in [6, 6.07) is 4.29. The summed E-state index contributed by atoms with van der Waals surface area (Å²) in [6.45, 7) is 3.87. The summed E-state index contributed by atoms with van der Waals surface area (Å²) in [5.74, 6) is 1.62. The molecule has 106 valence electrons. The number of hydrogen-bond donors (Lipinski definition) is 0. The minimum absolute atomic E-state index is 0.552. The molecule has 1 aromatic carbocycles. The third-order valence-corrected chi connectivity index (χ3v) is 3.72. The van der Waals surface area contributed by atoms with E-state index in [0.29, 0.717) is 19.1 Å². The number of rotatable bonds is 7. The van der Waals surface area contributed by atoms with Gasteiger partial charge in [0.05, 0.1) is 19.8 Å². The van der Waals surface area contributed by atoms with Crippen LogP contribution < -0.4 is 4.74 Å². The summed E-state index contributed by atoms with van der Waals surface area (Å²) in [5.41, 5.74) is 2.54. The van der Waals surface area contributed by atoms with Gasteiger partial charge in [-0.25, -0.2) is 0 Å². The van der Waals surface area contributed by atoms with E-state index in [1.54, 1.807) is 0 Å². The Kier molecular flexibility index (Phi) is 5.95. The van der Waals surface area contributed by atoms with Crippen molar-refractivity contribution in [3.63, 3.8) is 0 Å². The highest BCUT2D eigenvalue weighted by atomic mass is 79.9. The maximum absolute atomic E-state index is 5.73. The molecule has 0 fully saturated rings. The second-order valence-electron chi connectivity index (χ2n) is 4.69. The molecule has 0 radical (unpaired) electrons. The molecule has 0 amide bonds. The Morgan fingerprint density at radius 1 is 1.42 bits per heavy atom. The van der Waals surface area contributed by atoms with Crippen molar-refractivity contribution in [1.29, 1.82) is 0 Å². The maximum Gasteiger partial charge on any atom is 0.127 e. The highest BCUT2D eigenvalue weighted by molar-refractivity contribution is 9.10. The van der Waals surface area contributed by atoms with Gasteiger partial charge in [-0.2, -0.15) is 0 Å². The molecule has 2 rings (SSSR count). The summed E-state index contributed by atoms with van der Waals surface area (Å²) in [4.78, 5) is 2.23. The Balaban J connectivity index is 1.92. The first kappa shape index (κ1) is 15.1. The summed E-state index contributed by atoms with van der Waals surface area (Å²) < 4.78 is 12.2. The molecule has 5 heteroatoms. The Bertz CT molecular complexity index is 428. The third kappa shape index (κ3) is 4.35. The molecular formula is C14H19BrClNO2. The van der Waals surface area contributed by atoms with E-state index in [1.165, 1.54) is 11.1 Å². The number of halogens is 2. The Hall–Kier alpha value is -0.290. The summed E-state index contributed by atoms with van der Waals surface area (Å²) in [5, 5.41) is 0. The molecule has 1 aliphatic heterocycles. The van der Waals surface area contributed by atoms with Crippen molar-refractivity contribution in [3.05, 3.63) is 27.7 Å². The molecule has 0 N–H and O–H groups in total. The van der Waals surface area contributed by atoms with Crippen LogP contribution in [0.5, 0.6) is 5.75 Å². The van der Waals surface area contributed by atoms with Crippen molar-refractivity contribution >= 4 is 27.5 Å². The van der Waals surface area contributed by atoms with E-state index in [9.17, 15) is 0 Å². The van der Waals surface area contributed by atoms with E-state index in [0.717, 1.165) is 36.3 Å². The molecule has 0 unspecified atom stereocenters. The maximum atomic E-state index is 5.73. The fourth-order valence-electron chi connectivity index (χ4n) is 2.21. The normalized spacial score (nSPS) is 13.7. The lowest BCUT2D eigenvalue weighted by Crippen LogP contribution is -2.23. The molecule has 0 saturated carbocycles. The zero-order valence-electron chi connectivity index (χ0n) is 11.1. The highest BCUT2D eigenvalue weighted by Crippen LogP contribution is 2.33. The highest BCUT2D eigenvalue weighted by Gasteiger charge is 2.18. The lowest BCUT2D eigenvalue weighted by Gasteiger charge is -2.18. The zero-order chi connectivity index (χ0) is 13.7. The minimum Gasteiger partial charge on any atom is -0.493 e. The van der Waals surface area contributed by atoms with Gasteiger partial charge < -0.3 is 9.47 Å². The largest absolute Gasteiger partial charge is 0.493 e. The predicted molar refractivity (Wildman–Crippen MR) is 81.2 cm³/mol. The van der Waals surface area contributed by atoms with Gasteiger partial charge in [-0.15, -0.1) is 11.6 Å². The average Bonchev–Trinajstić information content (AvgIpc) is 2.82. The second kappa shape index (κ2) is 7.48. The molecule has 0 bridgehead atoms. The lowest BCUT2D eigenvalue weighted by atomic mass is 10.1. The molecule has 0 saturated heterocycles. The van der Waals surface area contributed by atoms with Crippen LogP contribution in [-0.4, -0.2) is 44.2 Å². The van der Waals surface area contributed by atoms with Gasteiger partial charge in [-0.1, -0.05) is 15.9 Å². The molecule has 0 aliphatic carbocycles. The number of nitrogens with zero attached hydrogens (tertiary/aromatic N) is 1. The predicted octanol–water partition coefficient (Wildman–Crippen LogP) is 3.07. The van der Waals surface area contributed by atoms with E-state index in [4.69, 9.17) is 21.1 Å². The number of likely N-dealkylation sites (N-methyl/N-ethyl adjacent to an activating group) is 1. The molecule has 1 aromatic rings. The van der Waals surface area contributed by atoms with Gasteiger partial charge in [0.25, 0.3) is 0 Å². The van der Waals surface area contributed by atoms with Gasteiger partial charge in [-0.05, 0) is 24.7 Å². The standard InChI is InChI=1S/C14H19BrClNO2/c1-17(4-7-18-6-3-16)10-12-9-13(15)8-11-2-5-19-14(11)12/h8-9H,2-7,10H2,1H3. The van der Waals surface area contributed by atoms with Crippen LogP contribution >= 0.6 is 27.5 Å². The first-order valence-corrected chi connectivity index (χ1v) is 7.80. The number of alkyl halides is 1. The Labute approximate surface area is 128 Å². The van der Waals surface area contributed by atoms with Crippen LogP contribution in [0.25, 0.3) is 0 Å². The lowest BCUT2D eigenvalue weighted by molar-refractivity contribution is 0.121. The van der Waals surface area contributed by atoms with Crippen LogP contribution in [-0.2, 0) is 17.7 Å². The van der Waals surface area contributed by atoms with Crippen molar-refractivity contribution in [2.24, 2.45) is 0 Å². The first-order valence-electron chi connectivity index (χ1n) is 6.47. The molecule has 19 heavy (non-hydrogen) atoms. The molecule has 0 aromatic heterocycles. The minimum atomic E-state index is 0.552. The van der Waals surface area contributed by atoms with Gasteiger partial charge in [-0.3, -0.25) is 4.90 Å². The topological polar surface area (TPSA) is 21.7 Å². The van der Waals surface area contributed by atoms with E-state index in [-0.39, 0.29) is 0 Å². The van der Waals surface area contributed by atoms with E-state index < -0.39 is 0 Å². The molecular weight excluding hydrogens is 330 g/mol. The van der Waals surface area contributed by atoms with Crippen molar-refractivity contribution < 1.29 is 9.47 Å². The van der Waals surface area contributed by atoms with Gasteiger partial charge in [0.1, 0.15) is 5.75 Å². The zero-order valence-corrected chi connectivity index (χ0v) is 13.5. The number of ether oxygens (including phenoxy) is 2. The first-order chi connectivity index (χ1) is 9.20. The fraction of sp³-hybridized carbons (Fsp3) is 0.571. The van der Waals surface area contributed by atoms with E-state index in [2.05, 4.69) is 40.0 Å². The molecule has 3 nitrogen and oxygen atoms in total. The van der Waals surface area contributed by atoms with Crippen LogP contribution in [0.4, 0.5) is 0 Å². The molecule has 1 aliphatic rings. The fourth-order valence-corrected chi connectivity index (χ4v) is 2.87. The molecule has 0 spiro atoms. The Morgan fingerprint density at radius 2 is 2.26 bits per heavy atom. The van der Waals surface area contributed by atoms with Gasteiger partial charge in [0.15, 0.2) is 0 Å². The monoisotopic (exact) mass is 347 g/mol. The number of fused-ring (bicyclic) bond motifs is 1. The summed E-state index contributed by atoms with van der Waals surface area (Å²) in [6.07, 6.45) is 1.00. The molecule has 1 heterocycles. The van der Waals surface area contributed by atoms with Crippen molar-refractivity contribution in [2.75, 3.05) is 39.3 Å². The van der Waals surface area contributed by atoms with Crippen LogP contribution in [0.15, 0.2) is 16.6 Å². The van der Waals surface area contributed by atoms with Crippen molar-refractivity contribution in [1.82, 2.24) is 4.90 Å². The third-order valence-electron chi connectivity index (χ3n) is 3.10. The van der Waals surface area contributed by atoms with Crippen LogP contribution in [0, 0.1) is 0 Å². The van der Waals surface area contributed by atoms with Crippen molar-refractivity contribution in [2.45, 2.75) is 13.0 Å². The van der Waals surface area contributed by atoms with Gasteiger partial charge in [0.2, 0.25) is 0 Å². The molecule has 0 atom stereocenters. The summed E-state index contributed by atoms with van der Waals surface area (Å²) >= 11 is 9.13. The number of benzene rings is 1. The second-order valence-corrected chi connectivity index (χ2v) is 5.98.